The maximum absolute atomic E-state index is 12.5. The Hall–Kier alpha value is -1.69. The number of aliphatic hydroxyl groups excluding tert-OH is 3. The molecular weight excluding hydrogens is 739 g/mol. The number of carbonyl (C=O) groups is 1. The zero-order valence-corrected chi connectivity index (χ0v) is 40.1. The quantitative estimate of drug-likeness (QED) is 0.0363. The van der Waals surface area contributed by atoms with Gasteiger partial charge in [-0.05, 0) is 83.5 Å². The smallest absolute Gasteiger partial charge is 0.220 e. The predicted octanol–water partition coefficient (Wildman–Crippen LogP) is 16.1. The highest BCUT2D eigenvalue weighted by Gasteiger charge is 2.26. The van der Waals surface area contributed by atoms with Crippen molar-refractivity contribution in [1.29, 1.82) is 0 Å². The van der Waals surface area contributed by atoms with Gasteiger partial charge in [0, 0.05) is 6.42 Å². The molecule has 0 rings (SSSR count). The summed E-state index contributed by atoms with van der Waals surface area (Å²) in [7, 11) is 0. The standard InChI is InChI=1S/C55H103NO4/c1-3-5-7-9-11-13-15-17-19-21-23-24-25-26-27-28-29-30-32-34-36-38-40-42-44-46-48-50-54(59)56-52(51-57)55(60)53(58)49-47-45-43-41-39-37-35-33-31-22-20-18-16-14-12-10-8-6-4-2/h23-24,26-27,33,35,41,43,52-53,55,57-58,60H,3-22,25,28-32,34,36-40,42,44-51H2,1-2H3,(H,56,59)/b24-23-,27-26-,35-33+,43-41+. The fourth-order valence-electron chi connectivity index (χ4n) is 8.03. The Labute approximate surface area is 374 Å². The molecule has 0 bridgehead atoms. The molecule has 352 valence electrons. The van der Waals surface area contributed by atoms with Crippen molar-refractivity contribution < 1.29 is 20.1 Å². The van der Waals surface area contributed by atoms with Gasteiger partial charge in [-0.3, -0.25) is 4.79 Å². The molecule has 3 atom stereocenters. The van der Waals surface area contributed by atoms with E-state index in [1.807, 2.05) is 0 Å². The molecular formula is C55H103NO4. The van der Waals surface area contributed by atoms with Gasteiger partial charge in [-0.1, -0.05) is 229 Å². The second-order valence-corrected chi connectivity index (χ2v) is 18.1. The van der Waals surface area contributed by atoms with Crippen LogP contribution in [-0.2, 0) is 4.79 Å². The van der Waals surface area contributed by atoms with Crippen LogP contribution < -0.4 is 5.32 Å². The molecule has 5 heteroatoms. The van der Waals surface area contributed by atoms with Gasteiger partial charge in [0.1, 0.15) is 6.10 Å². The summed E-state index contributed by atoms with van der Waals surface area (Å²) in [6.07, 6.45) is 65.3. The topological polar surface area (TPSA) is 89.8 Å². The Balaban J connectivity index is 3.63. The maximum atomic E-state index is 12.5. The monoisotopic (exact) mass is 842 g/mol. The van der Waals surface area contributed by atoms with Crippen LogP contribution in [0.1, 0.15) is 271 Å². The summed E-state index contributed by atoms with van der Waals surface area (Å²) in [5.74, 6) is -0.160. The van der Waals surface area contributed by atoms with Gasteiger partial charge < -0.3 is 20.6 Å². The lowest BCUT2D eigenvalue weighted by Gasteiger charge is -2.26. The summed E-state index contributed by atoms with van der Waals surface area (Å²) in [5, 5.41) is 33.7. The van der Waals surface area contributed by atoms with E-state index in [0.29, 0.717) is 12.8 Å². The third-order valence-corrected chi connectivity index (χ3v) is 12.1. The Morgan fingerprint density at radius 2 is 0.733 bits per heavy atom. The summed E-state index contributed by atoms with van der Waals surface area (Å²) >= 11 is 0. The molecule has 60 heavy (non-hydrogen) atoms. The van der Waals surface area contributed by atoms with Crippen molar-refractivity contribution in [2.45, 2.75) is 289 Å². The number of unbranched alkanes of at least 4 members (excludes halogenated alkanes) is 32. The van der Waals surface area contributed by atoms with Crippen LogP contribution in [0.3, 0.4) is 0 Å². The molecule has 4 N–H and O–H groups in total. The van der Waals surface area contributed by atoms with E-state index in [9.17, 15) is 20.1 Å². The first-order chi connectivity index (χ1) is 29.6. The summed E-state index contributed by atoms with van der Waals surface area (Å²) in [5.41, 5.74) is 0. The third kappa shape index (κ3) is 44.4. The van der Waals surface area contributed by atoms with E-state index >= 15 is 0 Å². The summed E-state index contributed by atoms with van der Waals surface area (Å²) in [6.45, 7) is 4.18. The second-order valence-electron chi connectivity index (χ2n) is 18.1. The number of nitrogens with one attached hydrogen (secondary N) is 1. The van der Waals surface area contributed by atoms with E-state index in [0.717, 1.165) is 51.4 Å². The highest BCUT2D eigenvalue weighted by Crippen LogP contribution is 2.16. The largest absolute Gasteiger partial charge is 0.394 e. The van der Waals surface area contributed by atoms with Gasteiger partial charge in [0.2, 0.25) is 5.91 Å². The number of aliphatic hydroxyl groups is 3. The van der Waals surface area contributed by atoms with Crippen LogP contribution in [-0.4, -0.2) is 46.1 Å². The number of rotatable bonds is 48. The number of amides is 1. The SMILES string of the molecule is CCCCCCCCCCC/C=C\C/C=C\CCCCCCCCCCCCCC(=O)NC(CO)C(O)C(O)CCC/C=C/CC/C=C/CCCCCCCCCCCC. The van der Waals surface area contributed by atoms with Crippen LogP contribution >= 0.6 is 0 Å². The lowest BCUT2D eigenvalue weighted by Crippen LogP contribution is -2.50. The molecule has 0 saturated carbocycles. The molecule has 0 aliphatic heterocycles. The summed E-state index contributed by atoms with van der Waals surface area (Å²) < 4.78 is 0. The van der Waals surface area contributed by atoms with Crippen LogP contribution in [0.25, 0.3) is 0 Å². The molecule has 0 aromatic heterocycles. The van der Waals surface area contributed by atoms with Gasteiger partial charge in [-0.25, -0.2) is 0 Å². The van der Waals surface area contributed by atoms with E-state index in [2.05, 4.69) is 67.8 Å². The number of carbonyl (C=O) groups excluding carboxylic acids is 1. The predicted molar refractivity (Wildman–Crippen MR) is 264 cm³/mol. The molecule has 0 aliphatic rings. The minimum absolute atomic E-state index is 0.160. The average molecular weight is 842 g/mol. The van der Waals surface area contributed by atoms with Crippen molar-refractivity contribution in [3.8, 4) is 0 Å². The lowest BCUT2D eigenvalue weighted by molar-refractivity contribution is -0.124. The molecule has 3 unspecified atom stereocenters. The Bertz CT molecular complexity index is 974. The average Bonchev–Trinajstić information content (AvgIpc) is 3.25. The molecule has 0 radical (unpaired) electrons. The highest BCUT2D eigenvalue weighted by molar-refractivity contribution is 5.76. The fourth-order valence-corrected chi connectivity index (χ4v) is 8.03. The third-order valence-electron chi connectivity index (χ3n) is 12.1. The second kappa shape index (κ2) is 50.0. The molecule has 1 amide bonds. The number of allylic oxidation sites excluding steroid dienone is 8. The van der Waals surface area contributed by atoms with Crippen molar-refractivity contribution in [1.82, 2.24) is 5.32 Å². The first-order valence-electron chi connectivity index (χ1n) is 26.4. The van der Waals surface area contributed by atoms with Crippen LogP contribution in [0.5, 0.6) is 0 Å². The molecule has 0 heterocycles. The number of hydrogen-bond donors (Lipinski definition) is 4. The van der Waals surface area contributed by atoms with Crippen molar-refractivity contribution >= 4 is 5.91 Å². The zero-order chi connectivity index (χ0) is 43.7. The normalized spacial score (nSPS) is 13.8. The van der Waals surface area contributed by atoms with Crippen LogP contribution in [0.15, 0.2) is 48.6 Å². The molecule has 5 nitrogen and oxygen atoms in total. The van der Waals surface area contributed by atoms with E-state index in [4.69, 9.17) is 0 Å². The first kappa shape index (κ1) is 58.3. The van der Waals surface area contributed by atoms with Crippen LogP contribution in [0.4, 0.5) is 0 Å². The van der Waals surface area contributed by atoms with E-state index in [1.54, 1.807) is 0 Å². The molecule has 0 fully saturated rings. The van der Waals surface area contributed by atoms with Gasteiger partial charge in [0.05, 0.1) is 18.8 Å². The van der Waals surface area contributed by atoms with Crippen molar-refractivity contribution in [3.63, 3.8) is 0 Å². The van der Waals surface area contributed by atoms with E-state index < -0.39 is 18.2 Å². The van der Waals surface area contributed by atoms with Gasteiger partial charge in [-0.15, -0.1) is 0 Å². The Morgan fingerprint density at radius 1 is 0.417 bits per heavy atom. The van der Waals surface area contributed by atoms with Gasteiger partial charge in [0.15, 0.2) is 0 Å². The van der Waals surface area contributed by atoms with Gasteiger partial charge in [-0.2, -0.15) is 0 Å². The van der Waals surface area contributed by atoms with Crippen molar-refractivity contribution in [3.05, 3.63) is 48.6 Å². The van der Waals surface area contributed by atoms with Gasteiger partial charge in [0.25, 0.3) is 0 Å². The van der Waals surface area contributed by atoms with Crippen molar-refractivity contribution in [2.24, 2.45) is 0 Å². The summed E-state index contributed by atoms with van der Waals surface area (Å²) in [4.78, 5) is 12.5. The zero-order valence-electron chi connectivity index (χ0n) is 40.1. The summed E-state index contributed by atoms with van der Waals surface area (Å²) in [6, 6.07) is -0.835. The van der Waals surface area contributed by atoms with Crippen LogP contribution in [0, 0.1) is 0 Å². The molecule has 0 spiro atoms. The molecule has 0 aromatic rings. The Morgan fingerprint density at radius 3 is 1.12 bits per heavy atom. The van der Waals surface area contributed by atoms with Crippen LogP contribution in [0.2, 0.25) is 0 Å². The maximum Gasteiger partial charge on any atom is 0.220 e. The van der Waals surface area contributed by atoms with E-state index in [-0.39, 0.29) is 12.5 Å². The molecule has 0 saturated heterocycles. The minimum atomic E-state index is -1.17. The molecule has 0 aromatic carbocycles. The fraction of sp³-hybridized carbons (Fsp3) is 0.836. The number of hydrogen-bond acceptors (Lipinski definition) is 4. The molecule has 0 aliphatic carbocycles. The van der Waals surface area contributed by atoms with Gasteiger partial charge >= 0.3 is 0 Å². The lowest BCUT2D eigenvalue weighted by atomic mass is 10.0. The highest BCUT2D eigenvalue weighted by atomic mass is 16.3. The minimum Gasteiger partial charge on any atom is -0.394 e. The Kier molecular flexibility index (Phi) is 48.6. The van der Waals surface area contributed by atoms with Crippen molar-refractivity contribution in [2.75, 3.05) is 6.61 Å². The van der Waals surface area contributed by atoms with E-state index in [1.165, 1.54) is 193 Å². The first-order valence-corrected chi connectivity index (χ1v) is 26.4.